The highest BCUT2D eigenvalue weighted by molar-refractivity contribution is 5.80. The summed E-state index contributed by atoms with van der Waals surface area (Å²) in [4.78, 5) is 12.1. The van der Waals surface area contributed by atoms with Gasteiger partial charge in [-0.1, -0.05) is 12.1 Å². The van der Waals surface area contributed by atoms with E-state index in [0.717, 1.165) is 18.5 Å². The van der Waals surface area contributed by atoms with Gasteiger partial charge in [-0.05, 0) is 44.5 Å². The number of hydrogen-bond acceptors (Lipinski definition) is 2. The fraction of sp³-hybridized carbons (Fsp3) is 0.500. The number of benzene rings is 1. The summed E-state index contributed by atoms with van der Waals surface area (Å²) >= 11 is 0. The Hall–Kier alpha value is -1.42. The molecule has 18 heavy (non-hydrogen) atoms. The number of hydrogen-bond donors (Lipinski definition) is 2. The first-order chi connectivity index (χ1) is 8.58. The molecule has 2 rings (SSSR count). The molecule has 1 amide bonds. The van der Waals surface area contributed by atoms with Crippen LogP contribution >= 0.6 is 0 Å². The highest BCUT2D eigenvalue weighted by Gasteiger charge is 2.29. The van der Waals surface area contributed by atoms with Gasteiger partial charge in [0.2, 0.25) is 5.91 Å². The molecule has 1 heterocycles. The lowest BCUT2D eigenvalue weighted by molar-refractivity contribution is -0.125. The summed E-state index contributed by atoms with van der Waals surface area (Å²) in [6.45, 7) is 4.84. The van der Waals surface area contributed by atoms with Crippen LogP contribution in [0.15, 0.2) is 24.3 Å². The average Bonchev–Trinajstić information content (AvgIpc) is 2.76. The minimum atomic E-state index is -0.258. The molecule has 1 aromatic rings. The van der Waals surface area contributed by atoms with Crippen LogP contribution in [0.4, 0.5) is 4.39 Å². The fourth-order valence-corrected chi connectivity index (χ4v) is 2.37. The van der Waals surface area contributed by atoms with Crippen molar-refractivity contribution in [3.05, 3.63) is 35.6 Å². The highest BCUT2D eigenvalue weighted by Crippen LogP contribution is 2.18. The molecule has 4 heteroatoms. The van der Waals surface area contributed by atoms with Gasteiger partial charge in [0.1, 0.15) is 5.82 Å². The fourth-order valence-electron chi connectivity index (χ4n) is 2.37. The van der Waals surface area contributed by atoms with Crippen molar-refractivity contribution >= 4 is 5.91 Å². The normalized spacial score (nSPS) is 24.8. The van der Waals surface area contributed by atoms with E-state index in [2.05, 4.69) is 10.6 Å². The summed E-state index contributed by atoms with van der Waals surface area (Å²) in [7, 11) is 0. The second-order valence-corrected chi connectivity index (χ2v) is 4.92. The zero-order valence-corrected chi connectivity index (χ0v) is 10.7. The Balaban J connectivity index is 1.96. The molecule has 0 aliphatic carbocycles. The van der Waals surface area contributed by atoms with Crippen LogP contribution in [-0.2, 0) is 4.79 Å². The molecule has 2 N–H and O–H groups in total. The van der Waals surface area contributed by atoms with Crippen LogP contribution < -0.4 is 10.6 Å². The zero-order valence-electron chi connectivity index (χ0n) is 10.7. The van der Waals surface area contributed by atoms with Crippen LogP contribution in [0.3, 0.4) is 0 Å². The Kier molecular flexibility index (Phi) is 3.97. The molecule has 98 valence electrons. The molecule has 1 fully saturated rings. The van der Waals surface area contributed by atoms with Crippen molar-refractivity contribution in [1.82, 2.24) is 10.6 Å². The van der Waals surface area contributed by atoms with Crippen LogP contribution in [-0.4, -0.2) is 18.5 Å². The number of carbonyl (C=O) groups is 1. The van der Waals surface area contributed by atoms with Gasteiger partial charge < -0.3 is 10.6 Å². The second-order valence-electron chi connectivity index (χ2n) is 4.92. The number of amides is 1. The first-order valence-corrected chi connectivity index (χ1v) is 6.37. The molecule has 0 radical (unpaired) electrons. The first-order valence-electron chi connectivity index (χ1n) is 6.37. The summed E-state index contributed by atoms with van der Waals surface area (Å²) in [5.74, 6) is -0.150. The third kappa shape index (κ3) is 2.88. The van der Waals surface area contributed by atoms with Crippen molar-refractivity contribution in [3.63, 3.8) is 0 Å². The van der Waals surface area contributed by atoms with E-state index in [0.29, 0.717) is 0 Å². The van der Waals surface area contributed by atoms with E-state index in [4.69, 9.17) is 0 Å². The van der Waals surface area contributed by atoms with Crippen molar-refractivity contribution in [1.29, 1.82) is 0 Å². The van der Waals surface area contributed by atoms with E-state index < -0.39 is 0 Å². The minimum absolute atomic E-state index is 0.0351. The maximum atomic E-state index is 12.8. The summed E-state index contributed by atoms with van der Waals surface area (Å²) in [5.41, 5.74) is 0.920. The predicted octanol–water partition coefficient (Wildman–Crippen LogP) is 2.00. The second kappa shape index (κ2) is 5.48. The van der Waals surface area contributed by atoms with E-state index in [1.807, 2.05) is 13.8 Å². The smallest absolute Gasteiger partial charge is 0.225 e. The topological polar surface area (TPSA) is 41.1 Å². The van der Waals surface area contributed by atoms with Crippen LogP contribution in [0.5, 0.6) is 0 Å². The van der Waals surface area contributed by atoms with Crippen LogP contribution in [0.2, 0.25) is 0 Å². The van der Waals surface area contributed by atoms with Gasteiger partial charge in [-0.15, -0.1) is 0 Å². The Labute approximate surface area is 107 Å². The molecule has 0 bridgehead atoms. The van der Waals surface area contributed by atoms with Gasteiger partial charge in [-0.2, -0.15) is 0 Å². The molecule has 3 atom stereocenters. The van der Waals surface area contributed by atoms with Gasteiger partial charge in [0.25, 0.3) is 0 Å². The van der Waals surface area contributed by atoms with Gasteiger partial charge in [0, 0.05) is 6.04 Å². The zero-order chi connectivity index (χ0) is 13.1. The lowest BCUT2D eigenvalue weighted by atomic mass is 10.00. The number of rotatable bonds is 3. The Morgan fingerprint density at radius 2 is 2.11 bits per heavy atom. The number of halogens is 1. The third-order valence-corrected chi connectivity index (χ3v) is 3.59. The molecular weight excluding hydrogens is 231 g/mol. The Bertz CT molecular complexity index is 418. The molecule has 2 unspecified atom stereocenters. The standard InChI is InChI=1S/C14H19FN2O/c1-9(11-3-5-12(15)6-4-11)17-14(18)13-7-8-16-10(13)2/h3-6,9-10,13,16H,7-8H2,1-2H3,(H,17,18)/t9-,10?,13?/m0/s1. The van der Waals surface area contributed by atoms with Crippen molar-refractivity contribution in [2.45, 2.75) is 32.4 Å². The molecule has 0 saturated carbocycles. The van der Waals surface area contributed by atoms with Gasteiger partial charge in [0.05, 0.1) is 12.0 Å². The molecule has 1 aliphatic rings. The summed E-state index contributed by atoms with van der Waals surface area (Å²) in [6, 6.07) is 6.37. The van der Waals surface area contributed by atoms with E-state index in [9.17, 15) is 9.18 Å². The van der Waals surface area contributed by atoms with Crippen LogP contribution in [0.1, 0.15) is 31.9 Å². The van der Waals surface area contributed by atoms with Gasteiger partial charge in [0.15, 0.2) is 0 Å². The summed E-state index contributed by atoms with van der Waals surface area (Å²) < 4.78 is 12.8. The molecule has 0 aromatic heterocycles. The Morgan fingerprint density at radius 3 is 2.67 bits per heavy atom. The monoisotopic (exact) mass is 250 g/mol. The molecule has 0 spiro atoms. The minimum Gasteiger partial charge on any atom is -0.349 e. The van der Waals surface area contributed by atoms with Crippen molar-refractivity contribution < 1.29 is 9.18 Å². The molecule has 3 nitrogen and oxygen atoms in total. The van der Waals surface area contributed by atoms with Gasteiger partial charge in [-0.3, -0.25) is 4.79 Å². The van der Waals surface area contributed by atoms with Crippen LogP contribution in [0.25, 0.3) is 0 Å². The van der Waals surface area contributed by atoms with E-state index in [1.165, 1.54) is 12.1 Å². The van der Waals surface area contributed by atoms with Gasteiger partial charge in [-0.25, -0.2) is 4.39 Å². The lowest BCUT2D eigenvalue weighted by Gasteiger charge is -2.19. The SMILES string of the molecule is CC1NCCC1C(=O)N[C@@H](C)c1ccc(F)cc1. The maximum Gasteiger partial charge on any atom is 0.225 e. The Morgan fingerprint density at radius 1 is 1.44 bits per heavy atom. The largest absolute Gasteiger partial charge is 0.349 e. The van der Waals surface area contributed by atoms with Crippen LogP contribution in [0, 0.1) is 11.7 Å². The quantitative estimate of drug-likeness (QED) is 0.861. The molecule has 1 saturated heterocycles. The van der Waals surface area contributed by atoms with Gasteiger partial charge >= 0.3 is 0 Å². The number of nitrogens with one attached hydrogen (secondary N) is 2. The summed E-state index contributed by atoms with van der Waals surface area (Å²) in [5, 5.41) is 6.25. The van der Waals surface area contributed by atoms with E-state index >= 15 is 0 Å². The van der Waals surface area contributed by atoms with Crippen molar-refractivity contribution in [3.8, 4) is 0 Å². The molecular formula is C14H19FN2O. The highest BCUT2D eigenvalue weighted by atomic mass is 19.1. The van der Waals surface area contributed by atoms with E-state index in [-0.39, 0.29) is 29.7 Å². The maximum absolute atomic E-state index is 12.8. The van der Waals surface area contributed by atoms with Crippen molar-refractivity contribution in [2.75, 3.05) is 6.54 Å². The van der Waals surface area contributed by atoms with E-state index in [1.54, 1.807) is 12.1 Å². The average molecular weight is 250 g/mol. The number of carbonyl (C=O) groups excluding carboxylic acids is 1. The molecule has 1 aromatic carbocycles. The molecule has 1 aliphatic heterocycles. The lowest BCUT2D eigenvalue weighted by Crippen LogP contribution is -2.37. The predicted molar refractivity (Wildman–Crippen MR) is 68.5 cm³/mol. The first kappa shape index (κ1) is 13.0. The third-order valence-electron chi connectivity index (χ3n) is 3.59. The summed E-state index contributed by atoms with van der Waals surface area (Å²) in [6.07, 6.45) is 0.878. The van der Waals surface area contributed by atoms with Crippen molar-refractivity contribution in [2.24, 2.45) is 5.92 Å².